The molecule has 0 bridgehead atoms. The van der Waals surface area contributed by atoms with Gasteiger partial charge in [0.25, 0.3) is 0 Å². The highest BCUT2D eigenvalue weighted by Crippen LogP contribution is 2.29. The number of anilines is 1. The summed E-state index contributed by atoms with van der Waals surface area (Å²) in [6.07, 6.45) is -2.12. The van der Waals surface area contributed by atoms with Gasteiger partial charge in [-0.2, -0.15) is 13.2 Å². The van der Waals surface area contributed by atoms with Gasteiger partial charge in [-0.15, -0.1) is 0 Å². The minimum absolute atomic E-state index is 0.475. The van der Waals surface area contributed by atoms with Gasteiger partial charge in [0.2, 0.25) is 0 Å². The van der Waals surface area contributed by atoms with Crippen LogP contribution in [0.15, 0.2) is 24.3 Å². The van der Waals surface area contributed by atoms with E-state index in [1.54, 1.807) is 0 Å². The van der Waals surface area contributed by atoms with Gasteiger partial charge in [-0.05, 0) is 50.2 Å². The van der Waals surface area contributed by atoms with E-state index in [1.165, 1.54) is 12.1 Å². The van der Waals surface area contributed by atoms with Crippen LogP contribution in [-0.2, 0) is 6.18 Å². The van der Waals surface area contributed by atoms with Gasteiger partial charge in [-0.1, -0.05) is 0 Å². The summed E-state index contributed by atoms with van der Waals surface area (Å²) in [4.78, 5) is 0. The lowest BCUT2D eigenvalue weighted by Gasteiger charge is -2.24. The van der Waals surface area contributed by atoms with E-state index in [-0.39, 0.29) is 0 Å². The van der Waals surface area contributed by atoms with Crippen molar-refractivity contribution in [3.05, 3.63) is 29.8 Å². The molecular weight excluding hydrogens is 255 g/mol. The molecule has 3 nitrogen and oxygen atoms in total. The van der Waals surface area contributed by atoms with Crippen molar-refractivity contribution in [1.29, 1.82) is 0 Å². The second kappa shape index (κ2) is 6.25. The SMILES string of the molecule is FC(F)(F)c1ccc(NCNC2CCNCC2)cc1. The molecule has 0 atom stereocenters. The smallest absolute Gasteiger partial charge is 0.372 e. The molecular formula is C13H18F3N3. The molecule has 1 heterocycles. The van der Waals surface area contributed by atoms with Gasteiger partial charge in [-0.3, -0.25) is 5.32 Å². The molecule has 1 saturated heterocycles. The van der Waals surface area contributed by atoms with Gasteiger partial charge in [0.05, 0.1) is 12.2 Å². The second-order valence-electron chi connectivity index (χ2n) is 4.66. The fourth-order valence-electron chi connectivity index (χ4n) is 2.10. The first kappa shape index (κ1) is 14.1. The first-order valence-electron chi connectivity index (χ1n) is 6.41. The Kier molecular flexibility index (Phi) is 4.66. The normalized spacial score (nSPS) is 17.4. The van der Waals surface area contributed by atoms with Crippen LogP contribution < -0.4 is 16.0 Å². The Hall–Kier alpha value is -1.27. The molecule has 3 N–H and O–H groups in total. The first-order chi connectivity index (χ1) is 9.05. The quantitative estimate of drug-likeness (QED) is 0.737. The highest BCUT2D eigenvalue weighted by atomic mass is 19.4. The summed E-state index contributed by atoms with van der Waals surface area (Å²) in [6.45, 7) is 2.59. The monoisotopic (exact) mass is 273 g/mol. The van der Waals surface area contributed by atoms with Crippen molar-refractivity contribution in [2.75, 3.05) is 25.1 Å². The minimum Gasteiger partial charge on any atom is -0.372 e. The second-order valence-corrected chi connectivity index (χ2v) is 4.66. The maximum Gasteiger partial charge on any atom is 0.416 e. The molecule has 0 aliphatic carbocycles. The number of halogens is 3. The predicted molar refractivity (Wildman–Crippen MR) is 69.0 cm³/mol. The first-order valence-corrected chi connectivity index (χ1v) is 6.41. The molecule has 0 amide bonds. The van der Waals surface area contributed by atoms with Crippen molar-refractivity contribution in [3.63, 3.8) is 0 Å². The molecule has 1 aliphatic heterocycles. The van der Waals surface area contributed by atoms with Gasteiger partial charge in [0.1, 0.15) is 0 Å². The summed E-state index contributed by atoms with van der Waals surface area (Å²) in [5, 5.41) is 9.69. The summed E-state index contributed by atoms with van der Waals surface area (Å²) in [6, 6.07) is 5.56. The molecule has 1 aromatic carbocycles. The maximum atomic E-state index is 12.4. The molecule has 0 aromatic heterocycles. The van der Waals surface area contributed by atoms with Crippen molar-refractivity contribution in [1.82, 2.24) is 10.6 Å². The van der Waals surface area contributed by atoms with Gasteiger partial charge in [-0.25, -0.2) is 0 Å². The average Bonchev–Trinajstić information content (AvgIpc) is 2.39. The van der Waals surface area contributed by atoms with Crippen LogP contribution in [0.4, 0.5) is 18.9 Å². The van der Waals surface area contributed by atoms with Gasteiger partial charge < -0.3 is 10.6 Å². The number of alkyl halides is 3. The summed E-state index contributed by atoms with van der Waals surface area (Å²) in [5.41, 5.74) is 0.0683. The van der Waals surface area contributed by atoms with Crippen LogP contribution in [0, 0.1) is 0 Å². The fraction of sp³-hybridized carbons (Fsp3) is 0.538. The Morgan fingerprint density at radius 2 is 1.74 bits per heavy atom. The largest absolute Gasteiger partial charge is 0.416 e. The molecule has 1 aromatic rings. The number of hydrogen-bond acceptors (Lipinski definition) is 3. The van der Waals surface area contributed by atoms with Crippen LogP contribution in [0.25, 0.3) is 0 Å². The molecule has 19 heavy (non-hydrogen) atoms. The van der Waals surface area contributed by atoms with Gasteiger partial charge >= 0.3 is 6.18 Å². The van der Waals surface area contributed by atoms with E-state index in [1.807, 2.05) is 0 Å². The van der Waals surface area contributed by atoms with Crippen LogP contribution in [0.5, 0.6) is 0 Å². The Labute approximate surface area is 110 Å². The van der Waals surface area contributed by atoms with E-state index in [2.05, 4.69) is 16.0 Å². The Morgan fingerprint density at radius 3 is 2.32 bits per heavy atom. The van der Waals surface area contributed by atoms with Gasteiger partial charge in [0.15, 0.2) is 0 Å². The molecule has 6 heteroatoms. The highest BCUT2D eigenvalue weighted by molar-refractivity contribution is 5.44. The van der Waals surface area contributed by atoms with E-state index < -0.39 is 11.7 Å². The minimum atomic E-state index is -4.27. The third kappa shape index (κ3) is 4.40. The standard InChI is InChI=1S/C13H18F3N3/c14-13(15,16)10-1-3-11(4-2-10)18-9-19-12-5-7-17-8-6-12/h1-4,12,17-19H,5-9H2. The number of benzene rings is 1. The van der Waals surface area contributed by atoms with Crippen LogP contribution in [-0.4, -0.2) is 25.8 Å². The predicted octanol–water partition coefficient (Wildman–Crippen LogP) is 2.42. The zero-order valence-corrected chi connectivity index (χ0v) is 10.6. The lowest BCUT2D eigenvalue weighted by atomic mass is 10.1. The van der Waals surface area contributed by atoms with Crippen molar-refractivity contribution in [3.8, 4) is 0 Å². The highest BCUT2D eigenvalue weighted by Gasteiger charge is 2.29. The molecule has 1 fully saturated rings. The van der Waals surface area contributed by atoms with Crippen LogP contribution >= 0.6 is 0 Å². The Morgan fingerprint density at radius 1 is 1.11 bits per heavy atom. The van der Waals surface area contributed by atoms with Crippen molar-refractivity contribution >= 4 is 5.69 Å². The molecule has 106 valence electrons. The average molecular weight is 273 g/mol. The summed E-state index contributed by atoms with van der Waals surface area (Å²) >= 11 is 0. The topological polar surface area (TPSA) is 36.1 Å². The molecule has 0 saturated carbocycles. The van der Waals surface area contributed by atoms with Crippen molar-refractivity contribution < 1.29 is 13.2 Å². The maximum absolute atomic E-state index is 12.4. The third-order valence-electron chi connectivity index (χ3n) is 3.23. The zero-order chi connectivity index (χ0) is 13.7. The number of piperidine rings is 1. The van der Waals surface area contributed by atoms with E-state index in [0.717, 1.165) is 38.1 Å². The van der Waals surface area contributed by atoms with E-state index in [4.69, 9.17) is 0 Å². The number of nitrogens with one attached hydrogen (secondary N) is 3. The molecule has 0 spiro atoms. The fourth-order valence-corrected chi connectivity index (χ4v) is 2.10. The van der Waals surface area contributed by atoms with E-state index in [0.29, 0.717) is 18.4 Å². The molecule has 2 rings (SSSR count). The van der Waals surface area contributed by atoms with Crippen LogP contribution in [0.3, 0.4) is 0 Å². The lowest BCUT2D eigenvalue weighted by molar-refractivity contribution is -0.137. The zero-order valence-electron chi connectivity index (χ0n) is 10.6. The Bertz CT molecular complexity index is 383. The van der Waals surface area contributed by atoms with Crippen molar-refractivity contribution in [2.45, 2.75) is 25.1 Å². The molecule has 0 radical (unpaired) electrons. The number of rotatable bonds is 4. The summed E-state index contributed by atoms with van der Waals surface area (Å²) < 4.78 is 37.1. The third-order valence-corrected chi connectivity index (χ3v) is 3.23. The Balaban J connectivity index is 1.76. The molecule has 1 aliphatic rings. The summed E-state index contributed by atoms with van der Waals surface area (Å²) in [5.74, 6) is 0. The summed E-state index contributed by atoms with van der Waals surface area (Å²) in [7, 11) is 0. The van der Waals surface area contributed by atoms with Crippen LogP contribution in [0.2, 0.25) is 0 Å². The van der Waals surface area contributed by atoms with Gasteiger partial charge in [0, 0.05) is 11.7 Å². The van der Waals surface area contributed by atoms with Crippen molar-refractivity contribution in [2.24, 2.45) is 0 Å². The molecule has 0 unspecified atom stereocenters. The number of hydrogen-bond donors (Lipinski definition) is 3. The van der Waals surface area contributed by atoms with E-state index in [9.17, 15) is 13.2 Å². The van der Waals surface area contributed by atoms with E-state index >= 15 is 0 Å². The lowest BCUT2D eigenvalue weighted by Crippen LogP contribution is -2.41. The van der Waals surface area contributed by atoms with Crippen LogP contribution in [0.1, 0.15) is 18.4 Å².